The number of pyridine rings is 6. The van der Waals surface area contributed by atoms with Gasteiger partial charge in [0.1, 0.15) is 0 Å². The van der Waals surface area contributed by atoms with Gasteiger partial charge in [-0.25, -0.2) is 4.79 Å². The summed E-state index contributed by atoms with van der Waals surface area (Å²) in [5.74, 6) is -0.985. The van der Waals surface area contributed by atoms with E-state index in [0.717, 1.165) is 35.9 Å². The Bertz CT molecular complexity index is 1660. The Balaban J connectivity index is 0.000000276. The van der Waals surface area contributed by atoms with Crippen molar-refractivity contribution < 1.29 is 35.8 Å². The van der Waals surface area contributed by atoms with Crippen LogP contribution in [0, 0.1) is 7.43 Å². The largest absolute Gasteiger partial charge is 0.478 e. The van der Waals surface area contributed by atoms with Crippen LogP contribution in [-0.4, -0.2) is 51.8 Å². The van der Waals surface area contributed by atoms with Crippen LogP contribution >= 0.6 is 0 Å². The van der Waals surface area contributed by atoms with Crippen LogP contribution in [0.1, 0.15) is 43.5 Å². The molecule has 12 heteroatoms. The molecule has 0 bridgehead atoms. The number of nitrogens with zero attached hydrogens (tertiary/aromatic N) is 7. The second-order valence-corrected chi connectivity index (χ2v) is 9.83. The fourth-order valence-corrected chi connectivity index (χ4v) is 4.07. The molecule has 0 aromatic carbocycles. The number of aromatic carboxylic acids is 1. The van der Waals surface area contributed by atoms with Crippen molar-refractivity contribution in [3.8, 4) is 0 Å². The number of nitrogens with one attached hydrogen (secondary N) is 1. The summed E-state index contributed by atoms with van der Waals surface area (Å²) in [5, 5.41) is 11.6. The molecule has 11 nitrogen and oxygen atoms in total. The van der Waals surface area contributed by atoms with Crippen molar-refractivity contribution in [1.82, 2.24) is 40.1 Å². The van der Waals surface area contributed by atoms with E-state index in [0.29, 0.717) is 18.7 Å². The molecule has 0 saturated carbocycles. The Morgan fingerprint density at radius 3 is 1.22 bits per heavy atom. The van der Waals surface area contributed by atoms with Gasteiger partial charge in [0, 0.05) is 89.3 Å². The monoisotopic (exact) mass is 825 g/mol. The minimum Gasteiger partial charge on any atom is -0.478 e. The van der Waals surface area contributed by atoms with Gasteiger partial charge < -0.3 is 22.7 Å². The molecule has 0 radical (unpaired) electrons. The van der Waals surface area contributed by atoms with Gasteiger partial charge in [-0.2, -0.15) is 0 Å². The van der Waals surface area contributed by atoms with E-state index in [-0.39, 0.29) is 40.0 Å². The molecule has 1 amide bonds. The molecule has 250 valence electrons. The van der Waals surface area contributed by atoms with Crippen molar-refractivity contribution in [1.29, 1.82) is 0 Å². The van der Waals surface area contributed by atoms with E-state index in [1.807, 2.05) is 72.8 Å². The summed E-state index contributed by atoms with van der Waals surface area (Å²) in [5.41, 5.74) is 4.65. The second kappa shape index (κ2) is 22.9. The van der Waals surface area contributed by atoms with Gasteiger partial charge in [-0.05, 0) is 72.8 Å². The van der Waals surface area contributed by atoms with Crippen LogP contribution < -0.4 is 5.32 Å². The van der Waals surface area contributed by atoms with E-state index in [2.05, 4.69) is 35.2 Å². The maximum absolute atomic E-state index is 12.8. The molecule has 0 spiro atoms. The van der Waals surface area contributed by atoms with Crippen molar-refractivity contribution >= 4 is 11.9 Å². The third-order valence-electron chi connectivity index (χ3n) is 6.36. The number of carbonyl (C=O) groups is 2. The smallest absolute Gasteiger partial charge is 0.335 e. The molecule has 0 saturated heterocycles. The summed E-state index contributed by atoms with van der Waals surface area (Å²) in [6.07, 6.45) is 13.2. The Morgan fingerprint density at radius 1 is 0.531 bits per heavy atom. The average molecular weight is 826 g/mol. The third kappa shape index (κ3) is 14.8. The zero-order chi connectivity index (χ0) is 32.9. The van der Waals surface area contributed by atoms with E-state index in [1.165, 1.54) is 24.5 Å². The predicted octanol–water partition coefficient (Wildman–Crippen LogP) is 5.71. The number of hydrogen-bond donors (Lipinski definition) is 2. The Labute approximate surface area is 300 Å². The number of carboxylic acids is 1. The second-order valence-electron chi connectivity index (χ2n) is 9.83. The summed E-state index contributed by atoms with van der Waals surface area (Å²) < 4.78 is 0. The number of aromatic nitrogens is 6. The number of amides is 1. The summed E-state index contributed by atoms with van der Waals surface area (Å²) in [6, 6.07) is 29.5. The number of hydrogen-bond acceptors (Lipinski definition) is 9. The van der Waals surface area contributed by atoms with E-state index < -0.39 is 5.97 Å². The van der Waals surface area contributed by atoms with E-state index in [1.54, 1.807) is 54.2 Å². The standard InChI is InChI=1S/C18H16N4O.C12H13N3.C6H5NO2.CH3.W/c23-18(15-7-11-19-12-8-15)22(13-16-5-1-3-9-20-16)14-17-6-2-4-10-21-17;1-3-7-14-11(5-1)9-13-10-12-6-2-4-8-15-12;8-6(9)5-1-3-7-4-2-5;;/h1-12H,13-14H2;1-8,13H,9-10H2;1-4H,(H,8,9);1H3;/q;;;-1;. The van der Waals surface area contributed by atoms with Crippen molar-refractivity contribution in [3.05, 3.63) is 188 Å². The molecule has 6 aromatic rings. The minimum absolute atomic E-state index is 0. The number of carbonyl (C=O) groups excluding carboxylic acids is 1. The molecule has 2 N–H and O–H groups in total. The van der Waals surface area contributed by atoms with E-state index in [9.17, 15) is 9.59 Å². The molecule has 0 fully saturated rings. The van der Waals surface area contributed by atoms with Crippen LogP contribution in [0.2, 0.25) is 0 Å². The van der Waals surface area contributed by atoms with Gasteiger partial charge in [-0.3, -0.25) is 34.7 Å². The molecule has 0 aliphatic rings. The van der Waals surface area contributed by atoms with Crippen LogP contribution in [-0.2, 0) is 47.2 Å². The van der Waals surface area contributed by atoms with Crippen LogP contribution in [0.3, 0.4) is 0 Å². The Kier molecular flexibility index (Phi) is 18.6. The van der Waals surface area contributed by atoms with Crippen LogP contribution in [0.15, 0.2) is 147 Å². The van der Waals surface area contributed by atoms with Crippen molar-refractivity contribution in [3.63, 3.8) is 0 Å². The first-order chi connectivity index (χ1) is 23.1. The van der Waals surface area contributed by atoms with Gasteiger partial charge in [-0.15, -0.1) is 0 Å². The molecule has 0 unspecified atom stereocenters. The minimum atomic E-state index is -0.919. The molecule has 49 heavy (non-hydrogen) atoms. The summed E-state index contributed by atoms with van der Waals surface area (Å²) >= 11 is 0. The van der Waals surface area contributed by atoms with E-state index in [4.69, 9.17) is 5.11 Å². The van der Waals surface area contributed by atoms with Crippen LogP contribution in [0.5, 0.6) is 0 Å². The predicted molar refractivity (Wildman–Crippen MR) is 183 cm³/mol. The van der Waals surface area contributed by atoms with Gasteiger partial charge in [0.05, 0.1) is 41.4 Å². The van der Waals surface area contributed by atoms with Gasteiger partial charge in [0.15, 0.2) is 0 Å². The third-order valence-corrected chi connectivity index (χ3v) is 6.36. The normalized spacial score (nSPS) is 9.55. The maximum atomic E-state index is 12.8. The SMILES string of the molecule is O=C(O)c1ccncc1.O=C(c1ccncc1)N(Cc1ccccn1)Cc1ccccn1.[CH3-].[W].c1ccc(CNCc2ccccn2)nc1. The molecule has 6 aromatic heterocycles. The summed E-state index contributed by atoms with van der Waals surface area (Å²) in [7, 11) is 0. The molecular formula is C37H37N8O3W-. The summed E-state index contributed by atoms with van der Waals surface area (Å²) in [4.78, 5) is 49.4. The molecule has 6 rings (SSSR count). The zero-order valence-corrected chi connectivity index (χ0v) is 29.9. The Hall–Kier alpha value is -5.51. The van der Waals surface area contributed by atoms with Crippen molar-refractivity contribution in [2.75, 3.05) is 0 Å². The van der Waals surface area contributed by atoms with Gasteiger partial charge in [0.2, 0.25) is 0 Å². The van der Waals surface area contributed by atoms with Gasteiger partial charge in [-0.1, -0.05) is 24.3 Å². The quantitative estimate of drug-likeness (QED) is 0.165. The van der Waals surface area contributed by atoms with Gasteiger partial charge in [0.25, 0.3) is 5.91 Å². The van der Waals surface area contributed by atoms with Gasteiger partial charge >= 0.3 is 5.97 Å². The average Bonchev–Trinajstić information content (AvgIpc) is 3.14. The number of carboxylic acid groups (broad SMARTS) is 1. The van der Waals surface area contributed by atoms with Crippen LogP contribution in [0.4, 0.5) is 0 Å². The summed E-state index contributed by atoms with van der Waals surface area (Å²) in [6.45, 7) is 2.41. The fraction of sp³-hybridized carbons (Fsp3) is 0.108. The molecule has 6 heterocycles. The first kappa shape index (κ1) is 39.7. The fourth-order valence-electron chi connectivity index (χ4n) is 4.07. The first-order valence-corrected chi connectivity index (χ1v) is 14.7. The van der Waals surface area contributed by atoms with E-state index >= 15 is 0 Å². The Morgan fingerprint density at radius 2 is 0.898 bits per heavy atom. The molecule has 0 aliphatic heterocycles. The maximum Gasteiger partial charge on any atom is 0.335 e. The van der Waals surface area contributed by atoms with Crippen molar-refractivity contribution in [2.24, 2.45) is 0 Å². The zero-order valence-electron chi connectivity index (χ0n) is 27.0. The topological polar surface area (TPSA) is 147 Å². The van der Waals surface area contributed by atoms with Crippen molar-refractivity contribution in [2.45, 2.75) is 26.2 Å². The molecule has 0 atom stereocenters. The molecular weight excluding hydrogens is 788 g/mol. The first-order valence-electron chi connectivity index (χ1n) is 14.7. The molecule has 0 aliphatic carbocycles. The number of rotatable bonds is 10. The van der Waals surface area contributed by atoms with Crippen LogP contribution in [0.25, 0.3) is 0 Å².